The van der Waals surface area contributed by atoms with Crippen LogP contribution < -0.4 is 0 Å². The quantitative estimate of drug-likeness (QED) is 0.459. The van der Waals surface area contributed by atoms with Crippen LogP contribution in [0.2, 0.25) is 0 Å². The first-order chi connectivity index (χ1) is 8.10. The largest absolute Gasteiger partial charge is 0.502 e. The number of nitrogens with zero attached hydrogens (tertiary/aromatic N) is 1. The van der Waals surface area contributed by atoms with Gasteiger partial charge >= 0.3 is 5.69 Å². The summed E-state index contributed by atoms with van der Waals surface area (Å²) in [6.45, 7) is -0.0305. The molecule has 0 amide bonds. The molecule has 0 spiro atoms. The summed E-state index contributed by atoms with van der Waals surface area (Å²) in [6.07, 6.45) is 3.91. The molecule has 0 aromatic heterocycles. The van der Waals surface area contributed by atoms with Gasteiger partial charge in [0.15, 0.2) is 6.29 Å². The molecule has 6 heteroatoms. The SMILES string of the molecule is O=Cc1cc(C=CCCO)cc([N+](=O)[O-])c1O. The van der Waals surface area contributed by atoms with Crippen molar-refractivity contribution in [3.05, 3.63) is 39.4 Å². The van der Waals surface area contributed by atoms with Crippen LogP contribution in [0.1, 0.15) is 22.3 Å². The highest BCUT2D eigenvalue weighted by molar-refractivity contribution is 5.83. The van der Waals surface area contributed by atoms with E-state index < -0.39 is 16.4 Å². The highest BCUT2D eigenvalue weighted by atomic mass is 16.6. The number of aliphatic hydroxyl groups is 1. The molecule has 0 unspecified atom stereocenters. The number of nitro groups is 1. The highest BCUT2D eigenvalue weighted by Crippen LogP contribution is 2.30. The van der Waals surface area contributed by atoms with Gasteiger partial charge in [0.1, 0.15) is 0 Å². The fourth-order valence-corrected chi connectivity index (χ4v) is 1.28. The van der Waals surface area contributed by atoms with Crippen molar-refractivity contribution in [2.24, 2.45) is 0 Å². The van der Waals surface area contributed by atoms with Gasteiger partial charge in [0.05, 0.1) is 10.5 Å². The van der Waals surface area contributed by atoms with Gasteiger partial charge in [-0.25, -0.2) is 0 Å². The van der Waals surface area contributed by atoms with E-state index in [1.807, 2.05) is 0 Å². The first kappa shape index (κ1) is 12.9. The third-order valence-corrected chi connectivity index (χ3v) is 2.07. The highest BCUT2D eigenvalue weighted by Gasteiger charge is 2.17. The minimum absolute atomic E-state index is 0.0305. The Balaban J connectivity index is 3.20. The molecule has 0 aliphatic heterocycles. The van der Waals surface area contributed by atoms with Crippen LogP contribution in [0.15, 0.2) is 18.2 Å². The number of benzene rings is 1. The fraction of sp³-hybridized carbons (Fsp3) is 0.182. The molecule has 0 atom stereocenters. The summed E-state index contributed by atoms with van der Waals surface area (Å²) < 4.78 is 0. The summed E-state index contributed by atoms with van der Waals surface area (Å²) in [5.74, 6) is -0.635. The summed E-state index contributed by atoms with van der Waals surface area (Å²) in [6, 6.07) is 2.50. The van der Waals surface area contributed by atoms with Gasteiger partial charge in [-0.3, -0.25) is 14.9 Å². The van der Waals surface area contributed by atoms with E-state index >= 15 is 0 Å². The van der Waals surface area contributed by atoms with E-state index in [0.717, 1.165) is 6.07 Å². The van der Waals surface area contributed by atoms with Crippen LogP contribution >= 0.6 is 0 Å². The number of nitro benzene ring substituents is 1. The molecule has 17 heavy (non-hydrogen) atoms. The monoisotopic (exact) mass is 237 g/mol. The zero-order valence-electron chi connectivity index (χ0n) is 8.87. The lowest BCUT2D eigenvalue weighted by Gasteiger charge is -2.01. The molecule has 1 aromatic carbocycles. The summed E-state index contributed by atoms with van der Waals surface area (Å²) >= 11 is 0. The van der Waals surface area contributed by atoms with E-state index in [9.17, 15) is 20.0 Å². The lowest BCUT2D eigenvalue weighted by Crippen LogP contribution is -1.93. The van der Waals surface area contributed by atoms with E-state index in [1.54, 1.807) is 6.08 Å². The maximum absolute atomic E-state index is 10.6. The number of carbonyl (C=O) groups is 1. The summed E-state index contributed by atoms with van der Waals surface area (Å²) in [4.78, 5) is 20.5. The number of carbonyl (C=O) groups excluding carboxylic acids is 1. The van der Waals surface area contributed by atoms with Crippen molar-refractivity contribution in [1.29, 1.82) is 0 Å². The van der Waals surface area contributed by atoms with Crippen molar-refractivity contribution >= 4 is 18.0 Å². The summed E-state index contributed by atoms with van der Waals surface area (Å²) in [5.41, 5.74) is -0.230. The van der Waals surface area contributed by atoms with Crippen LogP contribution in [0, 0.1) is 10.1 Å². The van der Waals surface area contributed by atoms with E-state index in [4.69, 9.17) is 5.11 Å². The average molecular weight is 237 g/mol. The minimum atomic E-state index is -0.758. The van der Waals surface area contributed by atoms with E-state index in [-0.39, 0.29) is 12.2 Å². The predicted molar refractivity (Wildman–Crippen MR) is 60.9 cm³/mol. The Kier molecular flexibility index (Phi) is 4.36. The normalized spacial score (nSPS) is 10.6. The number of aliphatic hydroxyl groups excluding tert-OH is 1. The van der Waals surface area contributed by atoms with Crippen LogP contribution in [-0.4, -0.2) is 28.0 Å². The van der Waals surface area contributed by atoms with Crippen molar-refractivity contribution in [1.82, 2.24) is 0 Å². The van der Waals surface area contributed by atoms with Crippen molar-refractivity contribution in [3.63, 3.8) is 0 Å². The fourth-order valence-electron chi connectivity index (χ4n) is 1.28. The number of aromatic hydroxyl groups is 1. The van der Waals surface area contributed by atoms with Crippen LogP contribution in [0.25, 0.3) is 6.08 Å². The average Bonchev–Trinajstić information content (AvgIpc) is 2.30. The number of phenolic OH excluding ortho intramolecular Hbond substituents is 1. The molecule has 90 valence electrons. The molecule has 6 nitrogen and oxygen atoms in total. The van der Waals surface area contributed by atoms with Gasteiger partial charge in [0, 0.05) is 12.7 Å². The number of hydrogen-bond donors (Lipinski definition) is 2. The van der Waals surface area contributed by atoms with Gasteiger partial charge in [-0.05, 0) is 18.1 Å². The Bertz CT molecular complexity index is 467. The van der Waals surface area contributed by atoms with Crippen LogP contribution in [-0.2, 0) is 0 Å². The van der Waals surface area contributed by atoms with Gasteiger partial charge < -0.3 is 10.2 Å². The topological polar surface area (TPSA) is 101 Å². The Labute approximate surface area is 97.0 Å². The molecule has 0 aliphatic carbocycles. The smallest absolute Gasteiger partial charge is 0.312 e. The van der Waals surface area contributed by atoms with Crippen LogP contribution in [0.4, 0.5) is 5.69 Å². The molecule has 1 rings (SSSR count). The molecular weight excluding hydrogens is 226 g/mol. The molecule has 0 fully saturated rings. The van der Waals surface area contributed by atoms with Crippen molar-refractivity contribution in [2.75, 3.05) is 6.61 Å². The molecule has 0 saturated carbocycles. The van der Waals surface area contributed by atoms with E-state index in [2.05, 4.69) is 0 Å². The van der Waals surface area contributed by atoms with E-state index in [0.29, 0.717) is 18.3 Å². The van der Waals surface area contributed by atoms with Crippen LogP contribution in [0.3, 0.4) is 0 Å². The number of phenols is 1. The second-order valence-electron chi connectivity index (χ2n) is 3.27. The molecule has 1 aromatic rings. The Morgan fingerprint density at radius 2 is 2.12 bits per heavy atom. The number of aldehydes is 1. The molecule has 0 aliphatic rings. The lowest BCUT2D eigenvalue weighted by molar-refractivity contribution is -0.385. The van der Waals surface area contributed by atoms with Crippen molar-refractivity contribution < 1.29 is 19.9 Å². The Hall–Kier alpha value is -2.21. The zero-order chi connectivity index (χ0) is 12.8. The molecular formula is C11H11NO5. The second kappa shape index (κ2) is 5.76. The first-order valence-corrected chi connectivity index (χ1v) is 4.84. The number of hydrogen-bond acceptors (Lipinski definition) is 5. The molecule has 0 radical (unpaired) electrons. The third kappa shape index (κ3) is 3.12. The summed E-state index contributed by atoms with van der Waals surface area (Å²) in [5, 5.41) is 28.6. The third-order valence-electron chi connectivity index (χ3n) is 2.07. The van der Waals surface area contributed by atoms with Crippen molar-refractivity contribution in [2.45, 2.75) is 6.42 Å². The molecule has 0 saturated heterocycles. The standard InChI is InChI=1S/C11H11NO5/c13-4-2-1-3-8-5-9(7-14)11(15)10(6-8)12(16)17/h1,3,5-7,13,15H,2,4H2. The maximum atomic E-state index is 10.6. The van der Waals surface area contributed by atoms with Gasteiger partial charge in [-0.15, -0.1) is 0 Å². The number of rotatable bonds is 5. The van der Waals surface area contributed by atoms with Crippen LogP contribution in [0.5, 0.6) is 5.75 Å². The lowest BCUT2D eigenvalue weighted by atomic mass is 10.1. The van der Waals surface area contributed by atoms with Gasteiger partial charge in [-0.1, -0.05) is 12.2 Å². The zero-order valence-corrected chi connectivity index (χ0v) is 8.87. The van der Waals surface area contributed by atoms with Gasteiger partial charge in [0.2, 0.25) is 5.75 Å². The molecule has 0 heterocycles. The molecule has 0 bridgehead atoms. The van der Waals surface area contributed by atoms with E-state index in [1.165, 1.54) is 12.1 Å². The Morgan fingerprint density at radius 1 is 1.41 bits per heavy atom. The summed E-state index contributed by atoms with van der Waals surface area (Å²) in [7, 11) is 0. The van der Waals surface area contributed by atoms with Gasteiger partial charge in [0.25, 0.3) is 0 Å². The first-order valence-electron chi connectivity index (χ1n) is 4.84. The second-order valence-corrected chi connectivity index (χ2v) is 3.27. The molecule has 2 N–H and O–H groups in total. The predicted octanol–water partition coefficient (Wildman–Crippen LogP) is 1.51. The van der Waals surface area contributed by atoms with Gasteiger partial charge in [-0.2, -0.15) is 0 Å². The Morgan fingerprint density at radius 3 is 2.65 bits per heavy atom. The van der Waals surface area contributed by atoms with Crippen molar-refractivity contribution in [3.8, 4) is 5.75 Å². The maximum Gasteiger partial charge on any atom is 0.312 e. The minimum Gasteiger partial charge on any atom is -0.502 e.